The van der Waals surface area contributed by atoms with Gasteiger partial charge < -0.3 is 10.2 Å². The van der Waals surface area contributed by atoms with Gasteiger partial charge in [-0.15, -0.1) is 0 Å². The highest BCUT2D eigenvalue weighted by molar-refractivity contribution is 5.53. The van der Waals surface area contributed by atoms with Crippen LogP contribution in [0.4, 0.5) is 11.8 Å². The van der Waals surface area contributed by atoms with Gasteiger partial charge in [0, 0.05) is 37.3 Å². The molecule has 22 heavy (non-hydrogen) atoms. The van der Waals surface area contributed by atoms with Crippen LogP contribution in [0.25, 0.3) is 0 Å². The lowest BCUT2D eigenvalue weighted by molar-refractivity contribution is 0.808. The summed E-state index contributed by atoms with van der Waals surface area (Å²) in [7, 11) is 1.93. The van der Waals surface area contributed by atoms with Gasteiger partial charge in [-0.05, 0) is 19.3 Å². The van der Waals surface area contributed by atoms with E-state index < -0.39 is 0 Å². The van der Waals surface area contributed by atoms with Crippen LogP contribution in [0.1, 0.15) is 41.7 Å². The molecule has 0 bridgehead atoms. The van der Waals surface area contributed by atoms with Gasteiger partial charge in [-0.1, -0.05) is 6.92 Å². The van der Waals surface area contributed by atoms with Crippen LogP contribution in [0.15, 0.2) is 6.20 Å². The highest BCUT2D eigenvalue weighted by atomic mass is 15.3. The molecule has 2 aromatic rings. The summed E-state index contributed by atoms with van der Waals surface area (Å²) in [5, 5.41) is 3.22. The Kier molecular flexibility index (Phi) is 3.17. The van der Waals surface area contributed by atoms with E-state index in [1.54, 1.807) is 0 Å². The minimum absolute atomic E-state index is 0.771. The number of nitrogens with one attached hydrogen (secondary N) is 1. The Hall–Kier alpha value is -2.24. The molecule has 0 fully saturated rings. The molecule has 6 nitrogen and oxygen atoms in total. The SMILES string of the molecule is CCc1ncc2c(n1)CN(c1nc3c(c(NC)n1)CCC3)C2. The molecule has 1 aliphatic heterocycles. The Balaban J connectivity index is 1.67. The summed E-state index contributed by atoms with van der Waals surface area (Å²) in [5.41, 5.74) is 4.79. The minimum Gasteiger partial charge on any atom is -0.373 e. The van der Waals surface area contributed by atoms with Crippen molar-refractivity contribution in [2.45, 2.75) is 45.7 Å². The van der Waals surface area contributed by atoms with Crippen LogP contribution in [0.2, 0.25) is 0 Å². The second-order valence-electron chi connectivity index (χ2n) is 5.87. The van der Waals surface area contributed by atoms with E-state index in [0.29, 0.717) is 0 Å². The first kappa shape index (κ1) is 13.4. The fourth-order valence-electron chi connectivity index (χ4n) is 3.27. The smallest absolute Gasteiger partial charge is 0.228 e. The first-order valence-electron chi connectivity index (χ1n) is 7.94. The normalized spacial score (nSPS) is 15.8. The molecule has 4 rings (SSSR count). The lowest BCUT2D eigenvalue weighted by atomic mass is 10.2. The van der Waals surface area contributed by atoms with Gasteiger partial charge >= 0.3 is 0 Å². The summed E-state index contributed by atoms with van der Waals surface area (Å²) in [4.78, 5) is 20.8. The fourth-order valence-corrected chi connectivity index (χ4v) is 3.27. The fraction of sp³-hybridized carbons (Fsp3) is 0.500. The molecule has 0 unspecified atom stereocenters. The quantitative estimate of drug-likeness (QED) is 0.933. The second kappa shape index (κ2) is 5.19. The predicted molar refractivity (Wildman–Crippen MR) is 84.9 cm³/mol. The lowest BCUT2D eigenvalue weighted by Gasteiger charge is -2.17. The van der Waals surface area contributed by atoms with Crippen molar-refractivity contribution >= 4 is 11.8 Å². The van der Waals surface area contributed by atoms with Crippen molar-refractivity contribution in [1.82, 2.24) is 19.9 Å². The zero-order valence-electron chi connectivity index (χ0n) is 13.1. The van der Waals surface area contributed by atoms with E-state index in [-0.39, 0.29) is 0 Å². The van der Waals surface area contributed by atoms with E-state index in [1.165, 1.54) is 23.2 Å². The molecule has 2 aromatic heterocycles. The second-order valence-corrected chi connectivity index (χ2v) is 5.87. The number of fused-ring (bicyclic) bond motifs is 2. The maximum Gasteiger partial charge on any atom is 0.228 e. The molecule has 0 aromatic carbocycles. The summed E-state index contributed by atoms with van der Waals surface area (Å²) in [6.07, 6.45) is 6.13. The van der Waals surface area contributed by atoms with E-state index in [1.807, 2.05) is 13.2 Å². The van der Waals surface area contributed by atoms with Crippen molar-refractivity contribution < 1.29 is 0 Å². The highest BCUT2D eigenvalue weighted by Gasteiger charge is 2.26. The van der Waals surface area contributed by atoms with Crippen molar-refractivity contribution in [3.63, 3.8) is 0 Å². The molecule has 0 saturated carbocycles. The number of hydrogen-bond acceptors (Lipinski definition) is 6. The van der Waals surface area contributed by atoms with Crippen LogP contribution in [-0.4, -0.2) is 27.0 Å². The molecule has 0 atom stereocenters. The Morgan fingerprint density at radius 3 is 2.86 bits per heavy atom. The Labute approximate surface area is 130 Å². The van der Waals surface area contributed by atoms with Crippen LogP contribution in [0.5, 0.6) is 0 Å². The van der Waals surface area contributed by atoms with Gasteiger partial charge in [-0.2, -0.15) is 4.98 Å². The van der Waals surface area contributed by atoms with Gasteiger partial charge in [-0.25, -0.2) is 15.0 Å². The summed E-state index contributed by atoms with van der Waals surface area (Å²) < 4.78 is 0. The van der Waals surface area contributed by atoms with E-state index in [2.05, 4.69) is 27.1 Å². The van der Waals surface area contributed by atoms with Crippen LogP contribution in [-0.2, 0) is 32.4 Å². The number of anilines is 2. The number of rotatable bonds is 3. The molecular formula is C16H20N6. The average molecular weight is 296 g/mol. The monoisotopic (exact) mass is 296 g/mol. The molecule has 3 heterocycles. The van der Waals surface area contributed by atoms with Gasteiger partial charge in [0.25, 0.3) is 0 Å². The molecule has 6 heteroatoms. The number of nitrogens with zero attached hydrogens (tertiary/aromatic N) is 5. The topological polar surface area (TPSA) is 66.8 Å². The van der Waals surface area contributed by atoms with Crippen molar-refractivity contribution in [1.29, 1.82) is 0 Å². The zero-order chi connectivity index (χ0) is 15.1. The first-order valence-corrected chi connectivity index (χ1v) is 7.94. The van der Waals surface area contributed by atoms with Gasteiger partial charge in [0.1, 0.15) is 11.6 Å². The van der Waals surface area contributed by atoms with E-state index >= 15 is 0 Å². The molecular weight excluding hydrogens is 276 g/mol. The molecule has 0 radical (unpaired) electrons. The molecule has 0 spiro atoms. The molecule has 2 aliphatic rings. The standard InChI is InChI=1S/C16H20N6/c1-3-14-18-7-10-8-22(9-13(10)19-14)16-20-12-6-4-5-11(12)15(17-2)21-16/h7H,3-6,8-9H2,1-2H3,(H,17,20,21). The largest absolute Gasteiger partial charge is 0.373 e. The van der Waals surface area contributed by atoms with E-state index in [9.17, 15) is 0 Å². The van der Waals surface area contributed by atoms with Crippen LogP contribution in [0, 0.1) is 0 Å². The van der Waals surface area contributed by atoms with Crippen molar-refractivity contribution in [2.75, 3.05) is 17.3 Å². The summed E-state index contributed by atoms with van der Waals surface area (Å²) in [5.74, 6) is 2.70. The predicted octanol–water partition coefficient (Wildman–Crippen LogP) is 1.88. The third kappa shape index (κ3) is 2.10. The van der Waals surface area contributed by atoms with Crippen LogP contribution < -0.4 is 10.2 Å². The summed E-state index contributed by atoms with van der Waals surface area (Å²) in [6, 6.07) is 0. The summed E-state index contributed by atoms with van der Waals surface area (Å²) >= 11 is 0. The number of hydrogen-bond donors (Lipinski definition) is 1. The van der Waals surface area contributed by atoms with Crippen molar-refractivity contribution in [3.8, 4) is 0 Å². The maximum absolute atomic E-state index is 4.80. The van der Waals surface area contributed by atoms with Crippen LogP contribution >= 0.6 is 0 Å². The van der Waals surface area contributed by atoms with E-state index in [0.717, 1.165) is 55.6 Å². The van der Waals surface area contributed by atoms with Gasteiger partial charge in [0.05, 0.1) is 17.9 Å². The number of aromatic nitrogens is 4. The summed E-state index contributed by atoms with van der Waals surface area (Å²) in [6.45, 7) is 3.64. The Bertz CT molecular complexity index is 727. The molecule has 0 saturated heterocycles. The molecule has 114 valence electrons. The van der Waals surface area contributed by atoms with Gasteiger partial charge in [-0.3, -0.25) is 0 Å². The Morgan fingerprint density at radius 2 is 2.05 bits per heavy atom. The van der Waals surface area contributed by atoms with Crippen LogP contribution in [0.3, 0.4) is 0 Å². The lowest BCUT2D eigenvalue weighted by Crippen LogP contribution is -2.19. The zero-order valence-corrected chi connectivity index (χ0v) is 13.1. The molecule has 0 amide bonds. The third-order valence-electron chi connectivity index (χ3n) is 4.46. The minimum atomic E-state index is 0.771. The van der Waals surface area contributed by atoms with Gasteiger partial charge in [0.15, 0.2) is 0 Å². The maximum atomic E-state index is 4.80. The number of aryl methyl sites for hydroxylation is 2. The molecule has 1 aliphatic carbocycles. The van der Waals surface area contributed by atoms with Crippen molar-refractivity contribution in [3.05, 3.63) is 34.5 Å². The first-order chi connectivity index (χ1) is 10.8. The van der Waals surface area contributed by atoms with E-state index in [4.69, 9.17) is 9.97 Å². The highest BCUT2D eigenvalue weighted by Crippen LogP contribution is 2.31. The van der Waals surface area contributed by atoms with Crippen molar-refractivity contribution in [2.24, 2.45) is 0 Å². The Morgan fingerprint density at radius 1 is 1.14 bits per heavy atom. The third-order valence-corrected chi connectivity index (χ3v) is 4.46. The molecule has 1 N–H and O–H groups in total. The van der Waals surface area contributed by atoms with Gasteiger partial charge in [0.2, 0.25) is 5.95 Å². The average Bonchev–Trinajstić information content (AvgIpc) is 3.19.